The monoisotopic (exact) mass is 375 g/mol. The summed E-state index contributed by atoms with van der Waals surface area (Å²) in [5.41, 5.74) is 1.24. The molecule has 0 aliphatic rings. The summed E-state index contributed by atoms with van der Waals surface area (Å²) in [4.78, 5) is 14.0. The second kappa shape index (κ2) is 7.83. The van der Waals surface area contributed by atoms with E-state index in [1.807, 2.05) is 24.3 Å². The van der Waals surface area contributed by atoms with Crippen LogP contribution in [0.1, 0.15) is 15.9 Å². The van der Waals surface area contributed by atoms with Gasteiger partial charge >= 0.3 is 0 Å². The lowest BCUT2D eigenvalue weighted by molar-refractivity contribution is 0.0782. The molecule has 0 aliphatic carbocycles. The van der Waals surface area contributed by atoms with Gasteiger partial charge in [0.2, 0.25) is 0 Å². The zero-order valence-corrected chi connectivity index (χ0v) is 14.4. The molecule has 0 spiro atoms. The lowest BCUT2D eigenvalue weighted by Gasteiger charge is -2.18. The SMILES string of the molecule is C=CCOc1ccc(CN(C)C(=O)c2cc(Br)ccc2O)cc1. The lowest BCUT2D eigenvalue weighted by Crippen LogP contribution is -2.26. The number of halogens is 1. The average molecular weight is 376 g/mol. The Balaban J connectivity index is 2.06. The van der Waals surface area contributed by atoms with Crippen LogP contribution in [0.4, 0.5) is 0 Å². The van der Waals surface area contributed by atoms with Crippen molar-refractivity contribution in [1.82, 2.24) is 4.90 Å². The molecule has 0 radical (unpaired) electrons. The largest absolute Gasteiger partial charge is 0.507 e. The van der Waals surface area contributed by atoms with Gasteiger partial charge < -0.3 is 14.7 Å². The maximum absolute atomic E-state index is 12.4. The third kappa shape index (κ3) is 4.60. The lowest BCUT2D eigenvalue weighted by atomic mass is 10.1. The van der Waals surface area contributed by atoms with Crippen LogP contribution in [0.25, 0.3) is 0 Å². The molecule has 2 aromatic carbocycles. The molecule has 0 heterocycles. The summed E-state index contributed by atoms with van der Waals surface area (Å²) in [5, 5.41) is 9.85. The summed E-state index contributed by atoms with van der Waals surface area (Å²) in [6.07, 6.45) is 1.69. The van der Waals surface area contributed by atoms with E-state index in [4.69, 9.17) is 4.74 Å². The van der Waals surface area contributed by atoms with Gasteiger partial charge in [-0.3, -0.25) is 4.79 Å². The number of phenols is 1. The minimum Gasteiger partial charge on any atom is -0.507 e. The van der Waals surface area contributed by atoms with E-state index in [-0.39, 0.29) is 17.2 Å². The van der Waals surface area contributed by atoms with E-state index in [0.717, 1.165) is 15.8 Å². The fourth-order valence-electron chi connectivity index (χ4n) is 2.08. The number of aromatic hydroxyl groups is 1. The number of phenolic OH excluding ortho intramolecular Hbond substituents is 1. The summed E-state index contributed by atoms with van der Waals surface area (Å²) < 4.78 is 6.17. The number of carbonyl (C=O) groups is 1. The van der Waals surface area contributed by atoms with Crippen molar-refractivity contribution in [3.63, 3.8) is 0 Å². The van der Waals surface area contributed by atoms with Crippen molar-refractivity contribution < 1.29 is 14.6 Å². The Bertz CT molecular complexity index is 698. The van der Waals surface area contributed by atoms with Gasteiger partial charge in [0, 0.05) is 18.1 Å². The molecule has 23 heavy (non-hydrogen) atoms. The number of carbonyl (C=O) groups excluding carboxylic acids is 1. The third-order valence-electron chi connectivity index (χ3n) is 3.25. The fraction of sp³-hybridized carbons (Fsp3) is 0.167. The molecule has 0 aliphatic heterocycles. The Morgan fingerprint density at radius 3 is 2.65 bits per heavy atom. The van der Waals surface area contributed by atoms with Crippen LogP contribution < -0.4 is 4.74 Å². The summed E-state index contributed by atoms with van der Waals surface area (Å²) in [6.45, 7) is 4.50. The van der Waals surface area contributed by atoms with E-state index in [9.17, 15) is 9.90 Å². The van der Waals surface area contributed by atoms with E-state index in [0.29, 0.717) is 13.2 Å². The molecule has 120 valence electrons. The Morgan fingerprint density at radius 1 is 1.30 bits per heavy atom. The van der Waals surface area contributed by atoms with E-state index >= 15 is 0 Å². The Kier molecular flexibility index (Phi) is 5.82. The maximum Gasteiger partial charge on any atom is 0.257 e. The number of benzene rings is 2. The van der Waals surface area contributed by atoms with Crippen molar-refractivity contribution in [3.05, 3.63) is 70.7 Å². The number of ether oxygens (including phenoxy) is 1. The summed E-state index contributed by atoms with van der Waals surface area (Å²) in [5.74, 6) is 0.487. The van der Waals surface area contributed by atoms with Gasteiger partial charge in [0.1, 0.15) is 18.1 Å². The molecule has 1 N–H and O–H groups in total. The van der Waals surface area contributed by atoms with Gasteiger partial charge in [0.15, 0.2) is 0 Å². The van der Waals surface area contributed by atoms with Crippen molar-refractivity contribution in [3.8, 4) is 11.5 Å². The molecule has 2 rings (SSSR count). The van der Waals surface area contributed by atoms with E-state index < -0.39 is 0 Å². The molecule has 4 nitrogen and oxygen atoms in total. The normalized spacial score (nSPS) is 10.2. The Hall–Kier alpha value is -2.27. The summed E-state index contributed by atoms with van der Waals surface area (Å²) in [6, 6.07) is 12.3. The first-order valence-electron chi connectivity index (χ1n) is 7.08. The second-order valence-electron chi connectivity index (χ2n) is 5.07. The molecule has 0 aromatic heterocycles. The van der Waals surface area contributed by atoms with Crippen LogP contribution in [0.5, 0.6) is 11.5 Å². The minimum absolute atomic E-state index is 0.0294. The molecule has 5 heteroatoms. The molecular weight excluding hydrogens is 358 g/mol. The molecule has 0 saturated heterocycles. The molecular formula is C18H18BrNO3. The summed E-state index contributed by atoms with van der Waals surface area (Å²) >= 11 is 3.31. The first kappa shape index (κ1) is 17.1. The highest BCUT2D eigenvalue weighted by Crippen LogP contribution is 2.23. The van der Waals surface area contributed by atoms with Crippen LogP contribution in [-0.4, -0.2) is 29.6 Å². The zero-order valence-electron chi connectivity index (χ0n) is 12.8. The van der Waals surface area contributed by atoms with Gasteiger partial charge in [-0.05, 0) is 35.9 Å². The van der Waals surface area contributed by atoms with E-state index in [1.54, 1.807) is 30.2 Å². The molecule has 2 aromatic rings. The number of amides is 1. The maximum atomic E-state index is 12.4. The van der Waals surface area contributed by atoms with Crippen molar-refractivity contribution in [2.75, 3.05) is 13.7 Å². The number of rotatable bonds is 6. The van der Waals surface area contributed by atoms with Crippen molar-refractivity contribution in [1.29, 1.82) is 0 Å². The van der Waals surface area contributed by atoms with Gasteiger partial charge in [-0.15, -0.1) is 0 Å². The zero-order chi connectivity index (χ0) is 16.8. The third-order valence-corrected chi connectivity index (χ3v) is 3.74. The molecule has 0 atom stereocenters. The number of hydrogen-bond acceptors (Lipinski definition) is 3. The van der Waals surface area contributed by atoms with Gasteiger partial charge in [-0.1, -0.05) is 40.7 Å². The van der Waals surface area contributed by atoms with Crippen LogP contribution in [0.15, 0.2) is 59.6 Å². The quantitative estimate of drug-likeness (QED) is 0.776. The van der Waals surface area contributed by atoms with Crippen molar-refractivity contribution >= 4 is 21.8 Å². The first-order valence-corrected chi connectivity index (χ1v) is 7.87. The molecule has 0 unspecified atom stereocenters. The number of hydrogen-bond donors (Lipinski definition) is 1. The van der Waals surface area contributed by atoms with Crippen molar-refractivity contribution in [2.24, 2.45) is 0 Å². The van der Waals surface area contributed by atoms with Gasteiger partial charge in [-0.2, -0.15) is 0 Å². The predicted molar refractivity (Wildman–Crippen MR) is 93.7 cm³/mol. The van der Waals surface area contributed by atoms with Crippen LogP contribution in [0, 0.1) is 0 Å². The standard InChI is InChI=1S/C18H18BrNO3/c1-3-10-23-15-7-4-13(5-8-15)12-20(2)18(22)16-11-14(19)6-9-17(16)21/h3-9,11,21H,1,10,12H2,2H3. The van der Waals surface area contributed by atoms with Gasteiger partial charge in [-0.25, -0.2) is 0 Å². The van der Waals surface area contributed by atoms with Crippen molar-refractivity contribution in [2.45, 2.75) is 6.54 Å². The second-order valence-corrected chi connectivity index (χ2v) is 5.98. The van der Waals surface area contributed by atoms with E-state index in [1.165, 1.54) is 6.07 Å². The van der Waals surface area contributed by atoms with Crippen LogP contribution in [0.3, 0.4) is 0 Å². The number of nitrogens with zero attached hydrogens (tertiary/aromatic N) is 1. The molecule has 1 amide bonds. The van der Waals surface area contributed by atoms with E-state index in [2.05, 4.69) is 22.5 Å². The molecule has 0 saturated carbocycles. The predicted octanol–water partition coefficient (Wildman–Crippen LogP) is 3.99. The van der Waals surface area contributed by atoms with Crippen LogP contribution in [-0.2, 0) is 6.54 Å². The van der Waals surface area contributed by atoms with Gasteiger partial charge in [0.25, 0.3) is 5.91 Å². The average Bonchev–Trinajstić information content (AvgIpc) is 2.55. The molecule has 0 bridgehead atoms. The minimum atomic E-state index is -0.240. The first-order chi connectivity index (χ1) is 11.0. The van der Waals surface area contributed by atoms with Crippen LogP contribution in [0.2, 0.25) is 0 Å². The topological polar surface area (TPSA) is 49.8 Å². The Labute approximate surface area is 144 Å². The smallest absolute Gasteiger partial charge is 0.257 e. The molecule has 0 fully saturated rings. The highest BCUT2D eigenvalue weighted by atomic mass is 79.9. The highest BCUT2D eigenvalue weighted by molar-refractivity contribution is 9.10. The highest BCUT2D eigenvalue weighted by Gasteiger charge is 2.16. The van der Waals surface area contributed by atoms with Gasteiger partial charge in [0.05, 0.1) is 5.56 Å². The fourth-order valence-corrected chi connectivity index (χ4v) is 2.44. The Morgan fingerprint density at radius 2 is 2.00 bits per heavy atom. The summed E-state index contributed by atoms with van der Waals surface area (Å²) in [7, 11) is 1.70. The van der Waals surface area contributed by atoms with Crippen LogP contribution >= 0.6 is 15.9 Å².